The first-order valence-electron chi connectivity index (χ1n) is 9.05. The Kier molecular flexibility index (Phi) is 5.61. The summed E-state index contributed by atoms with van der Waals surface area (Å²) in [5.41, 5.74) is 5.14. The Balaban J connectivity index is 1.66. The average molecular weight is 354 g/mol. The van der Waals surface area contributed by atoms with Gasteiger partial charge in [-0.25, -0.2) is 9.78 Å². The Hall–Kier alpha value is -2.76. The van der Waals surface area contributed by atoms with Crippen molar-refractivity contribution in [2.45, 2.75) is 46.3 Å². The third-order valence-electron chi connectivity index (χ3n) is 4.21. The predicted octanol–water partition coefficient (Wildman–Crippen LogP) is 3.86. The van der Waals surface area contributed by atoms with Crippen LogP contribution in [0.3, 0.4) is 0 Å². The summed E-state index contributed by atoms with van der Waals surface area (Å²) in [6.45, 7) is 7.27. The van der Waals surface area contributed by atoms with Gasteiger partial charge >= 0.3 is 6.03 Å². The Morgan fingerprint density at radius 1 is 1.38 bits per heavy atom. The number of urea groups is 1. The van der Waals surface area contributed by atoms with Crippen molar-refractivity contribution in [1.82, 2.24) is 10.3 Å². The van der Waals surface area contributed by atoms with Gasteiger partial charge in [-0.05, 0) is 62.4 Å². The van der Waals surface area contributed by atoms with Crippen molar-refractivity contribution < 1.29 is 9.53 Å². The van der Waals surface area contributed by atoms with E-state index in [-0.39, 0.29) is 12.1 Å². The lowest BCUT2D eigenvalue weighted by Gasteiger charge is -2.21. The lowest BCUT2D eigenvalue weighted by molar-refractivity contribution is 0.233. The van der Waals surface area contributed by atoms with Crippen LogP contribution < -0.4 is 20.7 Å². The van der Waals surface area contributed by atoms with E-state index in [2.05, 4.69) is 33.1 Å². The van der Waals surface area contributed by atoms with E-state index >= 15 is 0 Å². The number of hydrogen-bond donors (Lipinski definition) is 3. The van der Waals surface area contributed by atoms with E-state index in [1.807, 2.05) is 32.9 Å². The van der Waals surface area contributed by atoms with Crippen LogP contribution in [0.15, 0.2) is 30.5 Å². The molecule has 1 aromatic carbocycles. The topological polar surface area (TPSA) is 75.3 Å². The zero-order chi connectivity index (χ0) is 18.5. The molecule has 0 saturated heterocycles. The molecule has 0 radical (unpaired) electrons. The Morgan fingerprint density at radius 2 is 2.23 bits per heavy atom. The first kappa shape index (κ1) is 18.0. The van der Waals surface area contributed by atoms with Crippen LogP contribution in [0.1, 0.15) is 37.0 Å². The number of carbonyl (C=O) groups is 1. The number of pyridine rings is 1. The standard InChI is InChI=1S/C20H26N4O2/c1-13(2)26-19-18(10-14(3)11-22-19)24-20(25)23-12-15-6-4-8-17-16(15)7-5-9-21-17/h4,6,8,10-11,13,21H,5,7,9,12H2,1-3H3,(H2,23,24,25). The molecule has 0 aliphatic carbocycles. The van der Waals surface area contributed by atoms with Crippen LogP contribution in [0, 0.1) is 6.92 Å². The van der Waals surface area contributed by atoms with Gasteiger partial charge in [-0.3, -0.25) is 0 Å². The molecule has 0 saturated carbocycles. The zero-order valence-corrected chi connectivity index (χ0v) is 15.6. The summed E-state index contributed by atoms with van der Waals surface area (Å²) in [6.07, 6.45) is 3.86. The van der Waals surface area contributed by atoms with E-state index in [4.69, 9.17) is 4.74 Å². The summed E-state index contributed by atoms with van der Waals surface area (Å²) >= 11 is 0. The number of aryl methyl sites for hydroxylation is 1. The van der Waals surface area contributed by atoms with Crippen LogP contribution in [0.5, 0.6) is 5.88 Å². The minimum atomic E-state index is -0.271. The summed E-state index contributed by atoms with van der Waals surface area (Å²) < 4.78 is 5.68. The number of rotatable bonds is 5. The molecule has 2 aromatic rings. The van der Waals surface area contributed by atoms with E-state index in [1.54, 1.807) is 6.20 Å². The molecule has 1 aliphatic heterocycles. The number of hydrogen-bond acceptors (Lipinski definition) is 4. The summed E-state index contributed by atoms with van der Waals surface area (Å²) in [4.78, 5) is 16.7. The third-order valence-corrected chi connectivity index (χ3v) is 4.21. The minimum Gasteiger partial charge on any atom is -0.473 e. The number of amides is 2. The molecule has 0 atom stereocenters. The molecule has 6 heteroatoms. The van der Waals surface area contributed by atoms with Crippen LogP contribution in [0.4, 0.5) is 16.2 Å². The maximum Gasteiger partial charge on any atom is 0.319 e. The zero-order valence-electron chi connectivity index (χ0n) is 15.6. The van der Waals surface area contributed by atoms with Gasteiger partial charge in [0, 0.05) is 25.0 Å². The Bertz CT molecular complexity index is 789. The molecule has 2 heterocycles. The van der Waals surface area contributed by atoms with Gasteiger partial charge in [-0.15, -0.1) is 0 Å². The van der Waals surface area contributed by atoms with Crippen LogP contribution in [0.2, 0.25) is 0 Å². The summed E-state index contributed by atoms with van der Waals surface area (Å²) in [5, 5.41) is 9.20. The monoisotopic (exact) mass is 354 g/mol. The fraction of sp³-hybridized carbons (Fsp3) is 0.400. The number of fused-ring (bicyclic) bond motifs is 1. The molecule has 0 unspecified atom stereocenters. The number of carbonyl (C=O) groups excluding carboxylic acids is 1. The van der Waals surface area contributed by atoms with Crippen molar-refractivity contribution in [1.29, 1.82) is 0 Å². The van der Waals surface area contributed by atoms with Crippen molar-refractivity contribution in [3.05, 3.63) is 47.2 Å². The van der Waals surface area contributed by atoms with Crippen molar-refractivity contribution in [2.75, 3.05) is 17.2 Å². The maximum absolute atomic E-state index is 12.4. The van der Waals surface area contributed by atoms with Gasteiger partial charge in [0.05, 0.1) is 6.10 Å². The summed E-state index contributed by atoms with van der Waals surface area (Å²) in [5.74, 6) is 0.432. The molecule has 0 bridgehead atoms. The van der Waals surface area contributed by atoms with Crippen molar-refractivity contribution in [3.63, 3.8) is 0 Å². The predicted molar refractivity (Wildman–Crippen MR) is 104 cm³/mol. The largest absolute Gasteiger partial charge is 0.473 e. The molecular formula is C20H26N4O2. The van der Waals surface area contributed by atoms with Crippen LogP contribution in [-0.4, -0.2) is 23.7 Å². The lowest BCUT2D eigenvalue weighted by atomic mass is 9.97. The third kappa shape index (κ3) is 4.45. The highest BCUT2D eigenvalue weighted by Gasteiger charge is 2.14. The van der Waals surface area contributed by atoms with Crippen molar-refractivity contribution in [2.24, 2.45) is 0 Å². The molecule has 0 fully saturated rings. The quantitative estimate of drug-likeness (QED) is 0.762. The normalized spacial score (nSPS) is 12.9. The highest BCUT2D eigenvalue weighted by atomic mass is 16.5. The Morgan fingerprint density at radius 3 is 3.04 bits per heavy atom. The van der Waals surface area contributed by atoms with Gasteiger partial charge in [-0.1, -0.05) is 12.1 Å². The minimum absolute atomic E-state index is 0.0165. The van der Waals surface area contributed by atoms with Gasteiger partial charge in [-0.2, -0.15) is 0 Å². The molecule has 1 aromatic heterocycles. The first-order valence-corrected chi connectivity index (χ1v) is 9.05. The molecule has 26 heavy (non-hydrogen) atoms. The number of aromatic nitrogens is 1. The second kappa shape index (κ2) is 8.08. The molecule has 6 nitrogen and oxygen atoms in total. The molecular weight excluding hydrogens is 328 g/mol. The van der Waals surface area contributed by atoms with Crippen LogP contribution >= 0.6 is 0 Å². The second-order valence-electron chi connectivity index (χ2n) is 6.81. The van der Waals surface area contributed by atoms with E-state index < -0.39 is 0 Å². The SMILES string of the molecule is Cc1cnc(OC(C)C)c(NC(=O)NCc2cccc3c2CCCN3)c1. The van der Waals surface area contributed by atoms with Crippen LogP contribution in [0.25, 0.3) is 0 Å². The second-order valence-corrected chi connectivity index (χ2v) is 6.81. The van der Waals surface area contributed by atoms with Gasteiger partial charge in [0.1, 0.15) is 5.69 Å². The number of nitrogens with one attached hydrogen (secondary N) is 3. The van der Waals surface area contributed by atoms with Crippen molar-refractivity contribution >= 4 is 17.4 Å². The molecule has 138 valence electrons. The van der Waals surface area contributed by atoms with Crippen LogP contribution in [-0.2, 0) is 13.0 Å². The summed E-state index contributed by atoms with van der Waals surface area (Å²) in [6, 6.07) is 7.76. The molecule has 3 N–H and O–H groups in total. The van der Waals surface area contributed by atoms with Gasteiger partial charge in [0.2, 0.25) is 5.88 Å². The highest BCUT2D eigenvalue weighted by Crippen LogP contribution is 2.26. The molecule has 0 spiro atoms. The van der Waals surface area contributed by atoms with Gasteiger partial charge < -0.3 is 20.7 Å². The smallest absolute Gasteiger partial charge is 0.319 e. The van der Waals surface area contributed by atoms with E-state index in [1.165, 1.54) is 11.3 Å². The van der Waals surface area contributed by atoms with Gasteiger partial charge in [0.25, 0.3) is 0 Å². The van der Waals surface area contributed by atoms with Gasteiger partial charge in [0.15, 0.2) is 0 Å². The highest BCUT2D eigenvalue weighted by molar-refractivity contribution is 5.90. The first-order chi connectivity index (χ1) is 12.5. The number of ether oxygens (including phenoxy) is 1. The number of anilines is 2. The van der Waals surface area contributed by atoms with Crippen molar-refractivity contribution in [3.8, 4) is 5.88 Å². The number of nitrogens with zero attached hydrogens (tertiary/aromatic N) is 1. The van der Waals surface area contributed by atoms with E-state index in [9.17, 15) is 4.79 Å². The molecule has 2 amide bonds. The summed E-state index contributed by atoms with van der Waals surface area (Å²) in [7, 11) is 0. The fourth-order valence-electron chi connectivity index (χ4n) is 3.05. The molecule has 3 rings (SSSR count). The lowest BCUT2D eigenvalue weighted by Crippen LogP contribution is -2.29. The Labute approximate surface area is 154 Å². The fourth-order valence-corrected chi connectivity index (χ4v) is 3.05. The van der Waals surface area contributed by atoms with E-state index in [0.29, 0.717) is 18.1 Å². The average Bonchev–Trinajstić information content (AvgIpc) is 2.62. The number of benzene rings is 1. The van der Waals surface area contributed by atoms with E-state index in [0.717, 1.165) is 30.5 Å². The maximum atomic E-state index is 12.4. The molecule has 1 aliphatic rings.